The van der Waals surface area contributed by atoms with E-state index in [-0.39, 0.29) is 0 Å². The molecule has 0 saturated heterocycles. The van der Waals surface area contributed by atoms with Crippen LogP contribution in [-0.2, 0) is 0 Å². The summed E-state index contributed by atoms with van der Waals surface area (Å²) in [6.07, 6.45) is 5.63. The van der Waals surface area contributed by atoms with Crippen LogP contribution in [0.2, 0.25) is 0 Å². The molecule has 0 aliphatic rings. The summed E-state index contributed by atoms with van der Waals surface area (Å²) in [6, 6.07) is 9.40. The Hall–Kier alpha value is -3.02. The van der Waals surface area contributed by atoms with Crippen molar-refractivity contribution >= 4 is 23.5 Å². The molecular weight excluding hydrogens is 292 g/mol. The first-order valence-electron chi connectivity index (χ1n) is 7.30. The largest absolute Gasteiger partial charge is 0.493 e. The summed E-state index contributed by atoms with van der Waals surface area (Å²) in [6.45, 7) is 2.54. The van der Waals surface area contributed by atoms with Gasteiger partial charge in [0, 0.05) is 11.9 Å². The molecule has 0 saturated carbocycles. The molecule has 0 bridgehead atoms. The zero-order valence-corrected chi connectivity index (χ0v) is 13.1. The van der Waals surface area contributed by atoms with Gasteiger partial charge in [-0.3, -0.25) is 4.40 Å². The van der Waals surface area contributed by atoms with Gasteiger partial charge in [0.15, 0.2) is 23.0 Å². The van der Waals surface area contributed by atoms with Gasteiger partial charge in [0.05, 0.1) is 13.7 Å². The molecule has 0 unspecified atom stereocenters. The minimum atomic E-state index is 0.596. The van der Waals surface area contributed by atoms with E-state index >= 15 is 0 Å². The normalized spacial score (nSPS) is 11.2. The fourth-order valence-electron chi connectivity index (χ4n) is 2.27. The number of aromatic nitrogens is 3. The molecule has 0 spiro atoms. The first-order valence-corrected chi connectivity index (χ1v) is 7.30. The van der Waals surface area contributed by atoms with Gasteiger partial charge in [0.2, 0.25) is 0 Å². The molecule has 0 aliphatic heterocycles. The molecule has 1 aromatic carbocycles. The molecule has 2 aromatic heterocycles. The Morgan fingerprint density at radius 2 is 2.00 bits per heavy atom. The van der Waals surface area contributed by atoms with E-state index in [1.807, 2.05) is 47.7 Å². The number of methoxy groups -OCH3 is 1. The van der Waals surface area contributed by atoms with E-state index in [0.717, 1.165) is 17.0 Å². The van der Waals surface area contributed by atoms with Crippen LogP contribution in [0.3, 0.4) is 0 Å². The summed E-state index contributed by atoms with van der Waals surface area (Å²) in [5, 5.41) is 8.26. The third kappa shape index (κ3) is 3.11. The molecule has 2 heterocycles. The fraction of sp³-hybridized carbons (Fsp3) is 0.176. The number of ether oxygens (including phenoxy) is 2. The molecule has 3 rings (SSSR count). The molecule has 0 aliphatic carbocycles. The van der Waals surface area contributed by atoms with Crippen molar-refractivity contribution in [2.24, 2.45) is 0 Å². The van der Waals surface area contributed by atoms with Crippen LogP contribution in [0.5, 0.6) is 11.5 Å². The van der Waals surface area contributed by atoms with Crippen molar-refractivity contribution < 1.29 is 9.47 Å². The van der Waals surface area contributed by atoms with E-state index in [0.29, 0.717) is 23.9 Å². The summed E-state index contributed by atoms with van der Waals surface area (Å²) < 4.78 is 12.7. The zero-order chi connectivity index (χ0) is 16.2. The van der Waals surface area contributed by atoms with Gasteiger partial charge in [-0.05, 0) is 42.8 Å². The van der Waals surface area contributed by atoms with Gasteiger partial charge in [-0.1, -0.05) is 12.1 Å². The number of nitrogens with two attached hydrogens (primary N) is 1. The standard InChI is InChI=1S/C17H18N4O2/c1-3-23-14-7-4-12(10-15(14)22-2)5-8-16-19-20-17-9-6-13(18)11-21(16)17/h4-11H,3,18H2,1-2H3/b8-5+. The summed E-state index contributed by atoms with van der Waals surface area (Å²) in [4.78, 5) is 0. The van der Waals surface area contributed by atoms with Crippen LogP contribution in [0.1, 0.15) is 18.3 Å². The average Bonchev–Trinajstić information content (AvgIpc) is 2.96. The maximum Gasteiger partial charge on any atom is 0.161 e. The molecule has 0 fully saturated rings. The van der Waals surface area contributed by atoms with Gasteiger partial charge in [-0.25, -0.2) is 0 Å². The second-order valence-electron chi connectivity index (χ2n) is 4.93. The highest BCUT2D eigenvalue weighted by Crippen LogP contribution is 2.28. The Morgan fingerprint density at radius 1 is 1.13 bits per heavy atom. The van der Waals surface area contributed by atoms with Gasteiger partial charge in [-0.15, -0.1) is 10.2 Å². The highest BCUT2D eigenvalue weighted by Gasteiger charge is 2.05. The van der Waals surface area contributed by atoms with Crippen molar-refractivity contribution in [3.63, 3.8) is 0 Å². The number of nitrogens with zero attached hydrogens (tertiary/aromatic N) is 3. The number of rotatable bonds is 5. The second-order valence-corrected chi connectivity index (χ2v) is 4.93. The predicted molar refractivity (Wildman–Crippen MR) is 90.5 cm³/mol. The van der Waals surface area contributed by atoms with Gasteiger partial charge in [-0.2, -0.15) is 0 Å². The number of hydrogen-bond donors (Lipinski definition) is 1. The van der Waals surface area contributed by atoms with Crippen molar-refractivity contribution in [1.82, 2.24) is 14.6 Å². The summed E-state index contributed by atoms with van der Waals surface area (Å²) in [5.74, 6) is 2.14. The van der Waals surface area contributed by atoms with Gasteiger partial charge in [0.25, 0.3) is 0 Å². The third-order valence-electron chi connectivity index (χ3n) is 3.36. The quantitative estimate of drug-likeness (QED) is 0.784. The zero-order valence-electron chi connectivity index (χ0n) is 13.1. The molecule has 2 N–H and O–H groups in total. The highest BCUT2D eigenvalue weighted by atomic mass is 16.5. The lowest BCUT2D eigenvalue weighted by Crippen LogP contribution is -1.95. The van der Waals surface area contributed by atoms with Gasteiger partial charge < -0.3 is 15.2 Å². The topological polar surface area (TPSA) is 74.7 Å². The van der Waals surface area contributed by atoms with Crippen molar-refractivity contribution in [3.05, 3.63) is 47.9 Å². The second kappa shape index (κ2) is 6.39. The predicted octanol–water partition coefficient (Wildman–Crippen LogP) is 2.89. The first-order chi connectivity index (χ1) is 11.2. The fourth-order valence-corrected chi connectivity index (χ4v) is 2.27. The summed E-state index contributed by atoms with van der Waals surface area (Å²) >= 11 is 0. The van der Waals surface area contributed by atoms with E-state index in [1.165, 1.54) is 0 Å². The first kappa shape index (κ1) is 14.9. The molecular formula is C17H18N4O2. The Bertz CT molecular complexity index is 855. The summed E-state index contributed by atoms with van der Waals surface area (Å²) in [7, 11) is 1.63. The minimum Gasteiger partial charge on any atom is -0.493 e. The monoisotopic (exact) mass is 310 g/mol. The van der Waals surface area contributed by atoms with Gasteiger partial charge >= 0.3 is 0 Å². The van der Waals surface area contributed by atoms with E-state index < -0.39 is 0 Å². The Balaban J connectivity index is 1.91. The minimum absolute atomic E-state index is 0.596. The molecule has 0 radical (unpaired) electrons. The maximum absolute atomic E-state index is 5.81. The Morgan fingerprint density at radius 3 is 2.78 bits per heavy atom. The number of pyridine rings is 1. The molecule has 6 nitrogen and oxygen atoms in total. The van der Waals surface area contributed by atoms with Crippen molar-refractivity contribution in [2.75, 3.05) is 19.5 Å². The van der Waals surface area contributed by atoms with Crippen molar-refractivity contribution in [1.29, 1.82) is 0 Å². The number of benzene rings is 1. The highest BCUT2D eigenvalue weighted by molar-refractivity contribution is 5.69. The number of hydrogen-bond acceptors (Lipinski definition) is 5. The van der Waals surface area contributed by atoms with Crippen LogP contribution in [0.4, 0.5) is 5.69 Å². The molecule has 0 amide bonds. The van der Waals surface area contributed by atoms with Crippen LogP contribution in [0.25, 0.3) is 17.8 Å². The third-order valence-corrected chi connectivity index (χ3v) is 3.36. The van der Waals surface area contributed by atoms with E-state index in [9.17, 15) is 0 Å². The van der Waals surface area contributed by atoms with Crippen molar-refractivity contribution in [3.8, 4) is 11.5 Å². The van der Waals surface area contributed by atoms with Crippen LogP contribution in [-0.4, -0.2) is 28.3 Å². The Kier molecular flexibility index (Phi) is 4.14. The summed E-state index contributed by atoms with van der Waals surface area (Å²) in [5.41, 5.74) is 8.20. The maximum atomic E-state index is 5.81. The number of anilines is 1. The van der Waals surface area contributed by atoms with Crippen LogP contribution in [0.15, 0.2) is 36.5 Å². The Labute approximate surface area is 134 Å². The van der Waals surface area contributed by atoms with Crippen LogP contribution in [0, 0.1) is 0 Å². The van der Waals surface area contributed by atoms with E-state index in [1.54, 1.807) is 19.4 Å². The lowest BCUT2D eigenvalue weighted by Gasteiger charge is -2.09. The van der Waals surface area contributed by atoms with Crippen LogP contribution >= 0.6 is 0 Å². The number of nitrogen functional groups attached to an aromatic ring is 1. The van der Waals surface area contributed by atoms with E-state index in [4.69, 9.17) is 15.2 Å². The van der Waals surface area contributed by atoms with Crippen LogP contribution < -0.4 is 15.2 Å². The molecule has 6 heteroatoms. The smallest absolute Gasteiger partial charge is 0.161 e. The lowest BCUT2D eigenvalue weighted by atomic mass is 10.2. The van der Waals surface area contributed by atoms with Crippen molar-refractivity contribution in [2.45, 2.75) is 6.92 Å². The number of fused-ring (bicyclic) bond motifs is 1. The van der Waals surface area contributed by atoms with E-state index in [2.05, 4.69) is 10.2 Å². The molecule has 118 valence electrons. The molecule has 0 atom stereocenters. The molecule has 23 heavy (non-hydrogen) atoms. The average molecular weight is 310 g/mol. The SMILES string of the molecule is CCOc1ccc(/C=C/c2nnc3ccc(N)cn23)cc1OC. The molecule has 3 aromatic rings. The lowest BCUT2D eigenvalue weighted by molar-refractivity contribution is 0.311. The van der Waals surface area contributed by atoms with Gasteiger partial charge in [0.1, 0.15) is 0 Å².